The second-order valence-corrected chi connectivity index (χ2v) is 4.18. The van der Waals surface area contributed by atoms with E-state index in [-0.39, 0.29) is 0 Å². The average molecular weight is 256 g/mol. The summed E-state index contributed by atoms with van der Waals surface area (Å²) in [6.07, 6.45) is 13.9. The monoisotopic (exact) mass is 256 g/mol. The Morgan fingerprint density at radius 3 is 1.29 bits per heavy atom. The van der Waals surface area contributed by atoms with Crippen LogP contribution in [0.2, 0.25) is 0 Å². The zero-order valence-corrected chi connectivity index (χ0v) is 10.9. The van der Waals surface area contributed by atoms with Crippen LogP contribution in [0.5, 0.6) is 0 Å². The number of rotatable bonds is 9. The van der Waals surface area contributed by atoms with E-state index in [1.807, 2.05) is 0 Å². The van der Waals surface area contributed by atoms with Gasteiger partial charge in [0, 0.05) is 0 Å². The Balaban J connectivity index is 0. The summed E-state index contributed by atoms with van der Waals surface area (Å²) >= 11 is 0. The maximum atomic E-state index is 9.75. The zero-order valence-electron chi connectivity index (χ0n) is 10.9. The number of hydrogen-bond donors (Lipinski definition) is 0. The van der Waals surface area contributed by atoms with Gasteiger partial charge in [-0.3, -0.25) is 0 Å². The smallest absolute Gasteiger partial charge is 0.418 e. The fourth-order valence-corrected chi connectivity index (χ4v) is 1.49. The first kappa shape index (κ1) is 19.1. The fourth-order valence-electron chi connectivity index (χ4n) is 1.49. The molecule has 0 aliphatic carbocycles. The van der Waals surface area contributed by atoms with Crippen LogP contribution in [0, 0.1) is 6.92 Å². The first-order valence-corrected chi connectivity index (χ1v) is 6.58. The second kappa shape index (κ2) is 13.8. The van der Waals surface area contributed by atoms with E-state index in [0.29, 0.717) is 0 Å². The molecule has 1 radical (unpaired) electrons. The lowest BCUT2D eigenvalue weighted by atomic mass is 10.1. The molecule has 0 unspecified atom stereocenters. The molecule has 0 saturated heterocycles. The van der Waals surface area contributed by atoms with Crippen LogP contribution in [-0.4, -0.2) is 7.25 Å². The molecule has 0 fully saturated rings. The standard InChI is InChI=1S/C12H25.BF4/c1-3-5-7-9-11-12-10-8-6-4-2;2-1(3,4)5/h1,3-12H2,2H3;/q;-1. The van der Waals surface area contributed by atoms with Crippen LogP contribution in [-0.2, 0) is 0 Å². The highest BCUT2D eigenvalue weighted by atomic mass is 19.5. The van der Waals surface area contributed by atoms with Crippen LogP contribution in [0.25, 0.3) is 0 Å². The number of halogens is 4. The van der Waals surface area contributed by atoms with Gasteiger partial charge in [0.05, 0.1) is 0 Å². The molecule has 17 heavy (non-hydrogen) atoms. The number of hydrogen-bond acceptors (Lipinski definition) is 0. The molecular formula is C12H25BF4-. The van der Waals surface area contributed by atoms with Crippen molar-refractivity contribution in [3.8, 4) is 0 Å². The fraction of sp³-hybridized carbons (Fsp3) is 0.917. The first-order valence-electron chi connectivity index (χ1n) is 6.58. The van der Waals surface area contributed by atoms with E-state index < -0.39 is 7.25 Å². The van der Waals surface area contributed by atoms with Crippen molar-refractivity contribution >= 4 is 7.25 Å². The Labute approximate surface area is 103 Å². The molecule has 0 aliphatic heterocycles. The maximum absolute atomic E-state index is 9.75. The quantitative estimate of drug-likeness (QED) is 0.268. The zero-order chi connectivity index (χ0) is 13.6. The van der Waals surface area contributed by atoms with Gasteiger partial charge in [0.2, 0.25) is 0 Å². The minimum atomic E-state index is -6.00. The number of unbranched alkanes of at least 4 members (excludes halogenated alkanes) is 9. The van der Waals surface area contributed by atoms with Crippen LogP contribution in [0.4, 0.5) is 17.3 Å². The normalized spacial score (nSPS) is 10.9. The van der Waals surface area contributed by atoms with Crippen molar-refractivity contribution in [3.63, 3.8) is 0 Å². The molecule has 5 heteroatoms. The summed E-state index contributed by atoms with van der Waals surface area (Å²) < 4.78 is 39.0. The highest BCUT2D eigenvalue weighted by Crippen LogP contribution is 2.09. The average Bonchev–Trinajstić information content (AvgIpc) is 2.20. The van der Waals surface area contributed by atoms with Crippen molar-refractivity contribution < 1.29 is 17.3 Å². The first-order chi connectivity index (χ1) is 7.91. The third kappa shape index (κ3) is 38.9. The second-order valence-electron chi connectivity index (χ2n) is 4.18. The summed E-state index contributed by atoms with van der Waals surface area (Å²) in [5.41, 5.74) is 0. The molecule has 0 N–H and O–H groups in total. The minimum Gasteiger partial charge on any atom is -0.418 e. The van der Waals surface area contributed by atoms with E-state index in [0.717, 1.165) is 6.42 Å². The SMILES string of the molecule is F[B-](F)(F)F.[CH2]CCCCCCCCCCC. The Kier molecular flexibility index (Phi) is 15.6. The predicted octanol–water partition coefficient (Wildman–Crippen LogP) is 6.04. The largest absolute Gasteiger partial charge is 0.673 e. The summed E-state index contributed by atoms with van der Waals surface area (Å²) in [6.45, 7) is 6.12. The molecule has 0 heterocycles. The van der Waals surface area contributed by atoms with Gasteiger partial charge in [0.15, 0.2) is 0 Å². The summed E-state index contributed by atoms with van der Waals surface area (Å²) in [4.78, 5) is 0. The molecule has 0 aliphatic rings. The van der Waals surface area contributed by atoms with Crippen molar-refractivity contribution in [2.24, 2.45) is 0 Å². The van der Waals surface area contributed by atoms with E-state index in [9.17, 15) is 17.3 Å². The maximum Gasteiger partial charge on any atom is 0.673 e. The molecule has 0 aromatic rings. The van der Waals surface area contributed by atoms with Crippen molar-refractivity contribution in [2.75, 3.05) is 0 Å². The van der Waals surface area contributed by atoms with E-state index in [2.05, 4.69) is 13.8 Å². The van der Waals surface area contributed by atoms with Crippen LogP contribution in [0.3, 0.4) is 0 Å². The van der Waals surface area contributed by atoms with Gasteiger partial charge in [0.25, 0.3) is 0 Å². The molecule has 0 nitrogen and oxygen atoms in total. The van der Waals surface area contributed by atoms with E-state index in [1.54, 1.807) is 0 Å². The highest BCUT2D eigenvalue weighted by molar-refractivity contribution is 6.50. The molecule has 0 amide bonds. The van der Waals surface area contributed by atoms with E-state index in [4.69, 9.17) is 0 Å². The summed E-state index contributed by atoms with van der Waals surface area (Å²) in [6, 6.07) is 0. The summed E-state index contributed by atoms with van der Waals surface area (Å²) in [7, 11) is -6.00. The summed E-state index contributed by atoms with van der Waals surface area (Å²) in [5.74, 6) is 0. The molecule has 0 rings (SSSR count). The third-order valence-corrected chi connectivity index (χ3v) is 2.35. The van der Waals surface area contributed by atoms with Crippen LogP contribution >= 0.6 is 0 Å². The Morgan fingerprint density at radius 1 is 0.706 bits per heavy atom. The molecule has 0 bridgehead atoms. The van der Waals surface area contributed by atoms with Gasteiger partial charge >= 0.3 is 7.25 Å². The minimum absolute atomic E-state index is 1.12. The van der Waals surface area contributed by atoms with Crippen molar-refractivity contribution in [2.45, 2.75) is 71.1 Å². The van der Waals surface area contributed by atoms with Gasteiger partial charge in [-0.05, 0) is 0 Å². The van der Waals surface area contributed by atoms with Crippen molar-refractivity contribution in [3.05, 3.63) is 6.92 Å². The van der Waals surface area contributed by atoms with Gasteiger partial charge in [-0.15, -0.1) is 0 Å². The van der Waals surface area contributed by atoms with Gasteiger partial charge in [-0.2, -0.15) is 0 Å². The van der Waals surface area contributed by atoms with Crippen molar-refractivity contribution in [1.82, 2.24) is 0 Å². The van der Waals surface area contributed by atoms with Crippen LogP contribution in [0.15, 0.2) is 0 Å². The molecule has 0 aromatic carbocycles. The molecule has 0 spiro atoms. The molecule has 0 aromatic heterocycles. The third-order valence-electron chi connectivity index (χ3n) is 2.35. The molecular weight excluding hydrogens is 231 g/mol. The lowest BCUT2D eigenvalue weighted by Gasteiger charge is -1.99. The summed E-state index contributed by atoms with van der Waals surface area (Å²) in [5, 5.41) is 0. The van der Waals surface area contributed by atoms with Gasteiger partial charge < -0.3 is 17.3 Å². The van der Waals surface area contributed by atoms with Gasteiger partial charge in [-0.1, -0.05) is 78.1 Å². The van der Waals surface area contributed by atoms with Crippen molar-refractivity contribution in [1.29, 1.82) is 0 Å². The Hall–Kier alpha value is -0.215. The van der Waals surface area contributed by atoms with E-state index in [1.165, 1.54) is 57.8 Å². The Bertz CT molecular complexity index is 121. The molecule has 0 saturated carbocycles. The Morgan fingerprint density at radius 2 is 1.00 bits per heavy atom. The van der Waals surface area contributed by atoms with Crippen LogP contribution in [0.1, 0.15) is 71.1 Å². The van der Waals surface area contributed by atoms with Gasteiger partial charge in [0.1, 0.15) is 0 Å². The lowest BCUT2D eigenvalue weighted by molar-refractivity contribution is 0.368. The van der Waals surface area contributed by atoms with Gasteiger partial charge in [-0.25, -0.2) is 0 Å². The highest BCUT2D eigenvalue weighted by Gasteiger charge is 2.20. The lowest BCUT2D eigenvalue weighted by Crippen LogP contribution is -2.02. The van der Waals surface area contributed by atoms with Crippen LogP contribution < -0.4 is 0 Å². The van der Waals surface area contributed by atoms with E-state index >= 15 is 0 Å². The predicted molar refractivity (Wildman–Crippen MR) is 67.4 cm³/mol. The molecule has 0 atom stereocenters. The topological polar surface area (TPSA) is 0 Å². The molecule has 105 valence electrons.